The predicted molar refractivity (Wildman–Crippen MR) is 46.0 cm³/mol. The van der Waals surface area contributed by atoms with Crippen LogP contribution < -0.4 is 5.73 Å². The van der Waals surface area contributed by atoms with Gasteiger partial charge in [0.2, 0.25) is 0 Å². The molecule has 0 aromatic heterocycles. The van der Waals surface area contributed by atoms with Gasteiger partial charge >= 0.3 is 0 Å². The lowest BCUT2D eigenvalue weighted by Gasteiger charge is -2.02. The summed E-state index contributed by atoms with van der Waals surface area (Å²) >= 11 is 11.1. The first-order valence-corrected chi connectivity index (χ1v) is 4.26. The standard InChI is InChI=1S/C4H8ClNOS2/c5-1-3(7)2-9-4(6)8/h3,7H,1-2H2,(H2,6,8). The highest BCUT2D eigenvalue weighted by Crippen LogP contribution is 2.03. The average molecular weight is 186 g/mol. The molecule has 9 heavy (non-hydrogen) atoms. The molecule has 0 radical (unpaired) electrons. The molecule has 0 saturated carbocycles. The van der Waals surface area contributed by atoms with E-state index in [1.165, 1.54) is 11.8 Å². The van der Waals surface area contributed by atoms with Gasteiger partial charge in [-0.1, -0.05) is 24.0 Å². The number of nitrogens with two attached hydrogens (primary N) is 1. The molecule has 0 aliphatic rings. The summed E-state index contributed by atoms with van der Waals surface area (Å²) in [5.74, 6) is 0.717. The van der Waals surface area contributed by atoms with Gasteiger partial charge in [-0.3, -0.25) is 0 Å². The molecule has 3 N–H and O–H groups in total. The van der Waals surface area contributed by atoms with Crippen molar-refractivity contribution in [2.24, 2.45) is 5.73 Å². The third kappa shape index (κ3) is 6.37. The van der Waals surface area contributed by atoms with Crippen molar-refractivity contribution in [3.63, 3.8) is 0 Å². The van der Waals surface area contributed by atoms with Crippen LogP contribution in [0.4, 0.5) is 0 Å². The first-order chi connectivity index (χ1) is 4.16. The molecular formula is C4H8ClNOS2. The van der Waals surface area contributed by atoms with E-state index in [2.05, 4.69) is 12.2 Å². The van der Waals surface area contributed by atoms with Crippen LogP contribution in [0.1, 0.15) is 0 Å². The van der Waals surface area contributed by atoms with Gasteiger partial charge in [-0.2, -0.15) is 0 Å². The van der Waals surface area contributed by atoms with E-state index in [0.29, 0.717) is 10.1 Å². The summed E-state index contributed by atoms with van der Waals surface area (Å²) in [6.07, 6.45) is -0.502. The molecule has 0 rings (SSSR count). The van der Waals surface area contributed by atoms with Gasteiger partial charge < -0.3 is 10.8 Å². The second kappa shape index (κ2) is 5.29. The Morgan fingerprint density at radius 1 is 1.89 bits per heavy atom. The molecule has 0 bridgehead atoms. The second-order valence-corrected chi connectivity index (χ2v) is 3.51. The molecule has 0 heterocycles. The smallest absolute Gasteiger partial charge is 0.131 e. The van der Waals surface area contributed by atoms with Crippen LogP contribution in [-0.2, 0) is 0 Å². The normalized spacial score (nSPS) is 13.1. The minimum Gasteiger partial charge on any atom is -0.391 e. The summed E-state index contributed by atoms with van der Waals surface area (Å²) in [6.45, 7) is 0. The number of halogens is 1. The van der Waals surface area contributed by atoms with Gasteiger partial charge in [-0.05, 0) is 0 Å². The van der Waals surface area contributed by atoms with Crippen LogP contribution in [0.5, 0.6) is 0 Å². The summed E-state index contributed by atoms with van der Waals surface area (Å²) in [7, 11) is 0. The molecule has 1 atom stereocenters. The maximum Gasteiger partial charge on any atom is 0.131 e. The van der Waals surface area contributed by atoms with Gasteiger partial charge in [0.15, 0.2) is 0 Å². The van der Waals surface area contributed by atoms with Gasteiger partial charge in [0, 0.05) is 11.6 Å². The second-order valence-electron chi connectivity index (χ2n) is 1.44. The Balaban J connectivity index is 3.16. The molecule has 0 spiro atoms. The summed E-state index contributed by atoms with van der Waals surface area (Å²) in [5, 5.41) is 8.84. The topological polar surface area (TPSA) is 46.2 Å². The van der Waals surface area contributed by atoms with E-state index in [1.54, 1.807) is 0 Å². The maximum atomic E-state index is 8.84. The fourth-order valence-electron chi connectivity index (χ4n) is 0.223. The number of aliphatic hydroxyl groups is 1. The zero-order valence-electron chi connectivity index (χ0n) is 4.71. The highest BCUT2D eigenvalue weighted by atomic mass is 35.5. The van der Waals surface area contributed by atoms with Gasteiger partial charge in [-0.15, -0.1) is 11.6 Å². The Morgan fingerprint density at radius 2 is 2.44 bits per heavy atom. The number of thioether (sulfide) groups is 1. The van der Waals surface area contributed by atoms with Gasteiger partial charge in [0.05, 0.1) is 6.10 Å². The van der Waals surface area contributed by atoms with E-state index in [9.17, 15) is 0 Å². The van der Waals surface area contributed by atoms with Crippen molar-refractivity contribution >= 4 is 39.9 Å². The first-order valence-electron chi connectivity index (χ1n) is 2.33. The minimum absolute atomic E-state index is 0.232. The van der Waals surface area contributed by atoms with E-state index in [4.69, 9.17) is 22.4 Å². The number of alkyl halides is 1. The largest absolute Gasteiger partial charge is 0.391 e. The first kappa shape index (κ1) is 9.49. The quantitative estimate of drug-likeness (QED) is 0.499. The number of hydrogen-bond acceptors (Lipinski definition) is 3. The van der Waals surface area contributed by atoms with Crippen LogP contribution in [0.3, 0.4) is 0 Å². The maximum absolute atomic E-state index is 8.84. The van der Waals surface area contributed by atoms with Crippen LogP contribution >= 0.6 is 35.6 Å². The number of aliphatic hydroxyl groups excluding tert-OH is 1. The molecule has 2 nitrogen and oxygen atoms in total. The lowest BCUT2D eigenvalue weighted by molar-refractivity contribution is 0.224. The zero-order valence-corrected chi connectivity index (χ0v) is 7.10. The Hall–Kier alpha value is 0.490. The van der Waals surface area contributed by atoms with E-state index in [-0.39, 0.29) is 5.88 Å². The SMILES string of the molecule is NC(=S)SCC(O)CCl. The zero-order chi connectivity index (χ0) is 7.28. The molecule has 54 valence electrons. The Bertz CT molecular complexity index is 101. The molecule has 0 saturated heterocycles. The van der Waals surface area contributed by atoms with Crippen LogP contribution in [0, 0.1) is 0 Å². The lowest BCUT2D eigenvalue weighted by Crippen LogP contribution is -2.14. The molecular weight excluding hydrogens is 178 g/mol. The van der Waals surface area contributed by atoms with Gasteiger partial charge in [0.1, 0.15) is 4.32 Å². The summed E-state index contributed by atoms with van der Waals surface area (Å²) < 4.78 is 0.346. The molecule has 0 fully saturated rings. The van der Waals surface area contributed by atoms with Crippen molar-refractivity contribution in [1.82, 2.24) is 0 Å². The Labute approximate surface area is 68.8 Å². The molecule has 1 unspecified atom stereocenters. The number of thiocarbonyl (C=S) groups is 1. The third-order valence-corrected chi connectivity index (χ3v) is 2.14. The van der Waals surface area contributed by atoms with Crippen molar-refractivity contribution in [2.45, 2.75) is 6.10 Å². The molecule has 0 amide bonds. The van der Waals surface area contributed by atoms with E-state index < -0.39 is 6.10 Å². The highest BCUT2D eigenvalue weighted by molar-refractivity contribution is 8.22. The van der Waals surface area contributed by atoms with Crippen LogP contribution in [0.15, 0.2) is 0 Å². The van der Waals surface area contributed by atoms with E-state index >= 15 is 0 Å². The number of hydrogen-bond donors (Lipinski definition) is 2. The fraction of sp³-hybridized carbons (Fsp3) is 0.750. The van der Waals surface area contributed by atoms with Crippen LogP contribution in [0.2, 0.25) is 0 Å². The Morgan fingerprint density at radius 3 is 2.78 bits per heavy atom. The van der Waals surface area contributed by atoms with Crippen molar-refractivity contribution in [3.8, 4) is 0 Å². The molecule has 0 aromatic carbocycles. The summed E-state index contributed by atoms with van der Waals surface area (Å²) in [5.41, 5.74) is 5.14. The predicted octanol–water partition coefficient (Wildman–Crippen LogP) is 0.563. The van der Waals surface area contributed by atoms with Crippen molar-refractivity contribution in [3.05, 3.63) is 0 Å². The summed E-state index contributed by atoms with van der Waals surface area (Å²) in [6, 6.07) is 0. The average Bonchev–Trinajstić information content (AvgIpc) is 1.83. The minimum atomic E-state index is -0.502. The van der Waals surface area contributed by atoms with E-state index in [1.807, 2.05) is 0 Å². The van der Waals surface area contributed by atoms with E-state index in [0.717, 1.165) is 0 Å². The molecule has 0 aliphatic heterocycles. The number of rotatable bonds is 3. The monoisotopic (exact) mass is 185 g/mol. The molecule has 5 heteroatoms. The van der Waals surface area contributed by atoms with Crippen LogP contribution in [0.25, 0.3) is 0 Å². The third-order valence-electron chi connectivity index (χ3n) is 0.596. The van der Waals surface area contributed by atoms with Crippen LogP contribution in [-0.4, -0.2) is 27.2 Å². The summed E-state index contributed by atoms with van der Waals surface area (Å²) in [4.78, 5) is 0. The highest BCUT2D eigenvalue weighted by Gasteiger charge is 2.01. The Kier molecular flexibility index (Phi) is 5.58. The van der Waals surface area contributed by atoms with Gasteiger partial charge in [-0.25, -0.2) is 0 Å². The lowest BCUT2D eigenvalue weighted by atomic mass is 10.5. The molecule has 0 aromatic rings. The van der Waals surface area contributed by atoms with Gasteiger partial charge in [0.25, 0.3) is 0 Å². The fourth-order valence-corrected chi connectivity index (χ4v) is 1.14. The molecule has 0 aliphatic carbocycles. The van der Waals surface area contributed by atoms with Crippen molar-refractivity contribution in [2.75, 3.05) is 11.6 Å². The van der Waals surface area contributed by atoms with Crippen molar-refractivity contribution in [1.29, 1.82) is 0 Å². The van der Waals surface area contributed by atoms with Crippen molar-refractivity contribution < 1.29 is 5.11 Å².